The van der Waals surface area contributed by atoms with E-state index >= 15 is 0 Å². The summed E-state index contributed by atoms with van der Waals surface area (Å²) in [5.41, 5.74) is 2.01. The molecule has 1 aliphatic rings. The van der Waals surface area contributed by atoms with Gasteiger partial charge in [-0.25, -0.2) is 0 Å². The molecule has 1 aromatic heterocycles. The highest BCUT2D eigenvalue weighted by atomic mass is 32.1. The fourth-order valence-electron chi connectivity index (χ4n) is 3.19. The van der Waals surface area contributed by atoms with Crippen molar-refractivity contribution < 1.29 is 19.1 Å². The number of hydrogen-bond donors (Lipinski definition) is 1. The van der Waals surface area contributed by atoms with Crippen LogP contribution >= 0.6 is 11.3 Å². The summed E-state index contributed by atoms with van der Waals surface area (Å²) >= 11 is 1.38. The van der Waals surface area contributed by atoms with E-state index in [0.717, 1.165) is 10.4 Å². The van der Waals surface area contributed by atoms with Gasteiger partial charge in [-0.05, 0) is 31.5 Å². The number of aryl methyl sites for hydroxylation is 1. The maximum Gasteiger partial charge on any atom is 0.230 e. The van der Waals surface area contributed by atoms with Crippen molar-refractivity contribution in [1.82, 2.24) is 0 Å². The van der Waals surface area contributed by atoms with Crippen LogP contribution in [0.5, 0.6) is 11.5 Å². The number of amides is 2. The summed E-state index contributed by atoms with van der Waals surface area (Å²) in [5.74, 6) is 0.207. The lowest BCUT2D eigenvalue weighted by Gasteiger charge is -2.18. The molecule has 146 valence electrons. The van der Waals surface area contributed by atoms with Gasteiger partial charge in [-0.15, -0.1) is 11.3 Å². The molecule has 3 rings (SSSR count). The molecule has 1 aromatic carbocycles. The number of ether oxygens (including phenoxy) is 2. The van der Waals surface area contributed by atoms with Crippen LogP contribution in [-0.4, -0.2) is 32.6 Å². The van der Waals surface area contributed by atoms with E-state index < -0.39 is 5.92 Å². The summed E-state index contributed by atoms with van der Waals surface area (Å²) < 4.78 is 10.5. The molecule has 1 saturated heterocycles. The molecule has 0 spiro atoms. The van der Waals surface area contributed by atoms with Crippen LogP contribution in [-0.2, 0) is 9.59 Å². The smallest absolute Gasteiger partial charge is 0.230 e. The predicted molar refractivity (Wildman–Crippen MR) is 107 cm³/mol. The Balaban J connectivity index is 1.77. The molecule has 1 fully saturated rings. The molecule has 0 aliphatic carbocycles. The van der Waals surface area contributed by atoms with Crippen molar-refractivity contribution in [2.75, 3.05) is 31.0 Å². The molecule has 2 heterocycles. The van der Waals surface area contributed by atoms with Crippen LogP contribution in [0.1, 0.15) is 22.4 Å². The van der Waals surface area contributed by atoms with E-state index in [1.54, 1.807) is 30.2 Å². The lowest BCUT2D eigenvalue weighted by atomic mass is 10.1. The maximum absolute atomic E-state index is 12.7. The third-order valence-corrected chi connectivity index (χ3v) is 6.03. The number of nitrogens with zero attached hydrogens (tertiary/aromatic N) is 2. The topological polar surface area (TPSA) is 91.7 Å². The van der Waals surface area contributed by atoms with E-state index in [9.17, 15) is 14.9 Å². The van der Waals surface area contributed by atoms with Crippen molar-refractivity contribution in [1.29, 1.82) is 5.26 Å². The first-order valence-corrected chi connectivity index (χ1v) is 9.54. The minimum atomic E-state index is -0.491. The molecule has 7 nitrogen and oxygen atoms in total. The lowest BCUT2D eigenvalue weighted by molar-refractivity contribution is -0.122. The van der Waals surface area contributed by atoms with Gasteiger partial charge in [-0.3, -0.25) is 9.59 Å². The Labute approximate surface area is 167 Å². The van der Waals surface area contributed by atoms with Gasteiger partial charge in [0.15, 0.2) is 11.5 Å². The zero-order valence-corrected chi connectivity index (χ0v) is 17.0. The van der Waals surface area contributed by atoms with Crippen LogP contribution in [0.15, 0.2) is 18.2 Å². The van der Waals surface area contributed by atoms with Crippen molar-refractivity contribution in [3.05, 3.63) is 34.2 Å². The Morgan fingerprint density at radius 1 is 1.29 bits per heavy atom. The summed E-state index contributed by atoms with van der Waals surface area (Å²) in [7, 11) is 3.07. The Kier molecular flexibility index (Phi) is 5.56. The van der Waals surface area contributed by atoms with E-state index in [0.29, 0.717) is 27.8 Å². The number of carbonyl (C=O) groups is 2. The second-order valence-corrected chi connectivity index (χ2v) is 7.76. The standard InChI is InChI=1S/C20H21N3O4S/c1-11-12(2)28-20(15(11)9-21)22-19(25)13-7-18(24)23(10-13)14-5-6-16(26-3)17(8-14)27-4/h5-6,8,13H,7,10H2,1-4H3,(H,22,25)/t13-/m0/s1. The number of methoxy groups -OCH3 is 2. The average molecular weight is 399 g/mol. The number of nitriles is 1. The highest BCUT2D eigenvalue weighted by molar-refractivity contribution is 7.16. The van der Waals surface area contributed by atoms with Crippen LogP contribution in [0, 0.1) is 31.1 Å². The van der Waals surface area contributed by atoms with Gasteiger partial charge in [0, 0.05) is 29.6 Å². The predicted octanol–water partition coefficient (Wildman–Crippen LogP) is 3.25. The number of anilines is 2. The highest BCUT2D eigenvalue weighted by Gasteiger charge is 2.36. The zero-order valence-electron chi connectivity index (χ0n) is 16.2. The Morgan fingerprint density at radius 2 is 2.00 bits per heavy atom. The fourth-order valence-corrected chi connectivity index (χ4v) is 4.20. The third-order valence-electron chi connectivity index (χ3n) is 4.91. The molecule has 0 radical (unpaired) electrons. The number of nitrogens with one attached hydrogen (secondary N) is 1. The molecule has 1 atom stereocenters. The van der Waals surface area contributed by atoms with E-state index in [1.807, 2.05) is 13.8 Å². The third kappa shape index (κ3) is 3.53. The fraction of sp³-hybridized carbons (Fsp3) is 0.350. The van der Waals surface area contributed by atoms with Crippen LogP contribution in [0.2, 0.25) is 0 Å². The number of rotatable bonds is 5. The van der Waals surface area contributed by atoms with E-state index in [2.05, 4.69) is 11.4 Å². The summed E-state index contributed by atoms with van der Waals surface area (Å²) in [6.45, 7) is 4.04. The van der Waals surface area contributed by atoms with Gasteiger partial charge in [-0.2, -0.15) is 5.26 Å². The highest BCUT2D eigenvalue weighted by Crippen LogP contribution is 2.35. The van der Waals surface area contributed by atoms with Gasteiger partial charge < -0.3 is 19.7 Å². The van der Waals surface area contributed by atoms with Gasteiger partial charge in [0.1, 0.15) is 11.1 Å². The normalized spacial score (nSPS) is 16.0. The van der Waals surface area contributed by atoms with E-state index in [-0.39, 0.29) is 24.8 Å². The second kappa shape index (κ2) is 7.90. The first-order chi connectivity index (χ1) is 13.4. The summed E-state index contributed by atoms with van der Waals surface area (Å²) in [4.78, 5) is 27.8. The van der Waals surface area contributed by atoms with Crippen LogP contribution < -0.4 is 19.7 Å². The molecule has 8 heteroatoms. The van der Waals surface area contributed by atoms with Gasteiger partial charge in [0.25, 0.3) is 0 Å². The molecule has 2 aromatic rings. The largest absolute Gasteiger partial charge is 0.493 e. The number of hydrogen-bond acceptors (Lipinski definition) is 6. The molecule has 1 aliphatic heterocycles. The van der Waals surface area contributed by atoms with Crippen LogP contribution in [0.25, 0.3) is 0 Å². The Morgan fingerprint density at radius 3 is 2.64 bits per heavy atom. The Bertz CT molecular complexity index is 977. The summed E-state index contributed by atoms with van der Waals surface area (Å²) in [6, 6.07) is 7.35. The van der Waals surface area contributed by atoms with Gasteiger partial charge in [0.2, 0.25) is 11.8 Å². The molecule has 0 bridgehead atoms. The average Bonchev–Trinajstić information content (AvgIpc) is 3.20. The van der Waals surface area contributed by atoms with Crippen LogP contribution in [0.4, 0.5) is 10.7 Å². The number of thiophene rings is 1. The summed E-state index contributed by atoms with van der Waals surface area (Å²) in [5, 5.41) is 12.7. The molecule has 2 amide bonds. The first-order valence-electron chi connectivity index (χ1n) is 8.73. The van der Waals surface area contributed by atoms with Gasteiger partial charge in [-0.1, -0.05) is 0 Å². The summed E-state index contributed by atoms with van der Waals surface area (Å²) in [6.07, 6.45) is 0.116. The molecule has 0 saturated carbocycles. The first kappa shape index (κ1) is 19.7. The van der Waals surface area contributed by atoms with Gasteiger partial charge >= 0.3 is 0 Å². The quantitative estimate of drug-likeness (QED) is 0.833. The minimum absolute atomic E-state index is 0.116. The minimum Gasteiger partial charge on any atom is -0.493 e. The van der Waals surface area contributed by atoms with Crippen molar-refractivity contribution in [2.24, 2.45) is 5.92 Å². The van der Waals surface area contributed by atoms with Crippen molar-refractivity contribution in [3.63, 3.8) is 0 Å². The molecule has 28 heavy (non-hydrogen) atoms. The number of benzene rings is 1. The maximum atomic E-state index is 12.7. The number of carbonyl (C=O) groups excluding carboxylic acids is 2. The molecule has 1 N–H and O–H groups in total. The van der Waals surface area contributed by atoms with E-state index in [1.165, 1.54) is 18.4 Å². The monoisotopic (exact) mass is 399 g/mol. The second-order valence-electron chi connectivity index (χ2n) is 6.53. The van der Waals surface area contributed by atoms with E-state index in [4.69, 9.17) is 9.47 Å². The SMILES string of the molecule is COc1ccc(N2C[C@@H](C(=O)Nc3sc(C)c(C)c3C#N)CC2=O)cc1OC. The van der Waals surface area contributed by atoms with Gasteiger partial charge in [0.05, 0.1) is 25.7 Å². The van der Waals surface area contributed by atoms with Crippen molar-refractivity contribution in [3.8, 4) is 17.6 Å². The molecular weight excluding hydrogens is 378 g/mol. The van der Waals surface area contributed by atoms with Crippen molar-refractivity contribution in [2.45, 2.75) is 20.3 Å². The molecule has 0 unspecified atom stereocenters. The lowest BCUT2D eigenvalue weighted by Crippen LogP contribution is -2.28. The van der Waals surface area contributed by atoms with Crippen molar-refractivity contribution >= 4 is 33.8 Å². The zero-order chi connectivity index (χ0) is 20.4. The molecular formula is C20H21N3O4S. The van der Waals surface area contributed by atoms with Crippen LogP contribution in [0.3, 0.4) is 0 Å². The Hall–Kier alpha value is -3.05.